The Morgan fingerprint density at radius 2 is 2.40 bits per heavy atom. The third-order valence-electron chi connectivity index (χ3n) is 5.14. The zero-order valence-electron chi connectivity index (χ0n) is 15.2. The summed E-state index contributed by atoms with van der Waals surface area (Å²) in [5.41, 5.74) is 0.219. The second kappa shape index (κ2) is 8.21. The number of piperidine rings is 1. The standard InChI is InChI=1S/C18H28N4O3/c1-21(8-9-24-2)12-15-10-18(25-13-15)4-3-7-22(14-18)17(23)16-11-19-5-6-20-16/h5-6,11,15H,3-4,7-10,12-14H2,1-2H3. The molecule has 2 aliphatic rings. The molecule has 3 rings (SSSR count). The largest absolute Gasteiger partial charge is 0.383 e. The number of nitrogens with zero attached hydrogens (tertiary/aromatic N) is 4. The fourth-order valence-corrected chi connectivity index (χ4v) is 3.96. The molecule has 0 saturated carbocycles. The van der Waals surface area contributed by atoms with Crippen molar-refractivity contribution in [2.24, 2.45) is 5.92 Å². The van der Waals surface area contributed by atoms with Gasteiger partial charge in [0, 0.05) is 39.1 Å². The first kappa shape index (κ1) is 18.2. The van der Waals surface area contributed by atoms with Crippen molar-refractivity contribution in [2.75, 3.05) is 53.6 Å². The number of likely N-dealkylation sites (N-methyl/N-ethyl adjacent to an activating group) is 1. The highest BCUT2D eigenvalue weighted by Crippen LogP contribution is 2.38. The molecule has 138 valence electrons. The van der Waals surface area contributed by atoms with E-state index in [4.69, 9.17) is 9.47 Å². The van der Waals surface area contributed by atoms with E-state index in [1.807, 2.05) is 4.90 Å². The molecule has 0 N–H and O–H groups in total. The van der Waals surface area contributed by atoms with Gasteiger partial charge in [-0.05, 0) is 32.2 Å². The number of carbonyl (C=O) groups excluding carboxylic acids is 1. The van der Waals surface area contributed by atoms with Gasteiger partial charge < -0.3 is 19.3 Å². The van der Waals surface area contributed by atoms with Crippen molar-refractivity contribution < 1.29 is 14.3 Å². The van der Waals surface area contributed by atoms with Gasteiger partial charge in [-0.2, -0.15) is 0 Å². The molecular weight excluding hydrogens is 320 g/mol. The Kier molecular flexibility index (Phi) is 5.98. The molecule has 0 radical (unpaired) electrons. The lowest BCUT2D eigenvalue weighted by Gasteiger charge is -2.39. The van der Waals surface area contributed by atoms with Crippen molar-refractivity contribution in [1.29, 1.82) is 0 Å². The molecule has 3 heterocycles. The predicted molar refractivity (Wildman–Crippen MR) is 93.3 cm³/mol. The molecule has 1 amide bonds. The van der Waals surface area contributed by atoms with Crippen LogP contribution in [0.15, 0.2) is 18.6 Å². The maximum Gasteiger partial charge on any atom is 0.274 e. The van der Waals surface area contributed by atoms with Gasteiger partial charge in [-0.25, -0.2) is 4.98 Å². The van der Waals surface area contributed by atoms with Crippen molar-refractivity contribution in [3.63, 3.8) is 0 Å². The third kappa shape index (κ3) is 4.54. The second-order valence-corrected chi connectivity index (χ2v) is 7.24. The number of hydrogen-bond acceptors (Lipinski definition) is 6. The average molecular weight is 348 g/mol. The molecule has 2 aliphatic heterocycles. The van der Waals surface area contributed by atoms with Gasteiger partial charge in [0.2, 0.25) is 0 Å². The molecule has 0 aliphatic carbocycles. The molecule has 25 heavy (non-hydrogen) atoms. The van der Waals surface area contributed by atoms with E-state index in [0.717, 1.165) is 52.1 Å². The zero-order valence-corrected chi connectivity index (χ0v) is 15.2. The molecule has 1 aromatic rings. The first-order valence-corrected chi connectivity index (χ1v) is 8.99. The third-order valence-corrected chi connectivity index (χ3v) is 5.14. The first-order valence-electron chi connectivity index (χ1n) is 8.99. The molecule has 1 aromatic heterocycles. The van der Waals surface area contributed by atoms with E-state index in [0.29, 0.717) is 18.2 Å². The lowest BCUT2D eigenvalue weighted by atomic mass is 9.86. The minimum Gasteiger partial charge on any atom is -0.383 e. The number of hydrogen-bond donors (Lipinski definition) is 0. The zero-order chi connectivity index (χ0) is 17.7. The van der Waals surface area contributed by atoms with Crippen LogP contribution in [0.5, 0.6) is 0 Å². The van der Waals surface area contributed by atoms with Crippen LogP contribution >= 0.6 is 0 Å². The summed E-state index contributed by atoms with van der Waals surface area (Å²) in [6.45, 7) is 4.86. The molecule has 0 aromatic carbocycles. The van der Waals surface area contributed by atoms with Gasteiger partial charge in [0.05, 0.1) is 31.6 Å². The van der Waals surface area contributed by atoms with Crippen LogP contribution < -0.4 is 0 Å². The van der Waals surface area contributed by atoms with Crippen molar-refractivity contribution in [2.45, 2.75) is 24.9 Å². The lowest BCUT2D eigenvalue weighted by Crippen LogP contribution is -2.50. The minimum atomic E-state index is -0.192. The van der Waals surface area contributed by atoms with Gasteiger partial charge in [-0.3, -0.25) is 9.78 Å². The Morgan fingerprint density at radius 1 is 1.52 bits per heavy atom. The summed E-state index contributed by atoms with van der Waals surface area (Å²) >= 11 is 0. The summed E-state index contributed by atoms with van der Waals surface area (Å²) in [6, 6.07) is 0. The van der Waals surface area contributed by atoms with E-state index >= 15 is 0 Å². The topological polar surface area (TPSA) is 67.8 Å². The van der Waals surface area contributed by atoms with E-state index in [9.17, 15) is 4.79 Å². The molecular formula is C18H28N4O3. The van der Waals surface area contributed by atoms with Crippen molar-refractivity contribution >= 4 is 5.91 Å². The van der Waals surface area contributed by atoms with Gasteiger partial charge in [-0.15, -0.1) is 0 Å². The molecule has 0 bridgehead atoms. The van der Waals surface area contributed by atoms with Gasteiger partial charge in [-0.1, -0.05) is 0 Å². The van der Waals surface area contributed by atoms with Gasteiger partial charge >= 0.3 is 0 Å². The van der Waals surface area contributed by atoms with Crippen LogP contribution in [0.3, 0.4) is 0 Å². The van der Waals surface area contributed by atoms with Crippen LogP contribution in [0.2, 0.25) is 0 Å². The van der Waals surface area contributed by atoms with Gasteiger partial charge in [0.25, 0.3) is 5.91 Å². The van der Waals surface area contributed by atoms with Crippen LogP contribution in [0, 0.1) is 5.92 Å². The fraction of sp³-hybridized carbons (Fsp3) is 0.722. The Balaban J connectivity index is 1.57. The van der Waals surface area contributed by atoms with E-state index in [1.165, 1.54) is 6.20 Å². The van der Waals surface area contributed by atoms with Crippen LogP contribution in [0.25, 0.3) is 0 Å². The van der Waals surface area contributed by atoms with E-state index in [1.54, 1.807) is 19.5 Å². The highest BCUT2D eigenvalue weighted by Gasteiger charge is 2.44. The normalized spacial score (nSPS) is 26.5. The SMILES string of the molecule is COCCN(C)CC1COC2(CCCN(C(=O)c3cnccn3)C2)C1. The number of carbonyl (C=O) groups is 1. The Morgan fingerprint density at radius 3 is 3.16 bits per heavy atom. The van der Waals surface area contributed by atoms with Crippen molar-refractivity contribution in [1.82, 2.24) is 19.8 Å². The van der Waals surface area contributed by atoms with Crippen LogP contribution in [-0.4, -0.2) is 84.8 Å². The highest BCUT2D eigenvalue weighted by atomic mass is 16.5. The number of aromatic nitrogens is 2. The van der Waals surface area contributed by atoms with Crippen molar-refractivity contribution in [3.05, 3.63) is 24.3 Å². The van der Waals surface area contributed by atoms with Crippen LogP contribution in [0.1, 0.15) is 29.8 Å². The molecule has 2 unspecified atom stereocenters. The van der Waals surface area contributed by atoms with Crippen LogP contribution in [0.4, 0.5) is 0 Å². The molecule has 2 fully saturated rings. The molecule has 2 atom stereocenters. The van der Waals surface area contributed by atoms with Gasteiger partial charge in [0.1, 0.15) is 5.69 Å². The number of methoxy groups -OCH3 is 1. The number of likely N-dealkylation sites (tertiary alicyclic amines) is 1. The highest BCUT2D eigenvalue weighted by molar-refractivity contribution is 5.92. The van der Waals surface area contributed by atoms with Gasteiger partial charge in [0.15, 0.2) is 0 Å². The number of ether oxygens (including phenoxy) is 2. The second-order valence-electron chi connectivity index (χ2n) is 7.24. The molecule has 7 nitrogen and oxygen atoms in total. The van der Waals surface area contributed by atoms with E-state index in [-0.39, 0.29) is 11.5 Å². The molecule has 2 saturated heterocycles. The minimum absolute atomic E-state index is 0.0450. The van der Waals surface area contributed by atoms with Crippen molar-refractivity contribution in [3.8, 4) is 0 Å². The Labute approximate surface area is 149 Å². The van der Waals surface area contributed by atoms with E-state index < -0.39 is 0 Å². The lowest BCUT2D eigenvalue weighted by molar-refractivity contribution is -0.0451. The summed E-state index contributed by atoms with van der Waals surface area (Å²) in [7, 11) is 3.85. The molecule has 7 heteroatoms. The first-order chi connectivity index (χ1) is 12.1. The summed E-state index contributed by atoms with van der Waals surface area (Å²) in [6.07, 6.45) is 7.68. The maximum atomic E-state index is 12.7. The summed E-state index contributed by atoms with van der Waals surface area (Å²) in [5.74, 6) is 0.463. The average Bonchev–Trinajstić information content (AvgIpc) is 3.01. The maximum absolute atomic E-state index is 12.7. The fourth-order valence-electron chi connectivity index (χ4n) is 3.96. The summed E-state index contributed by atoms with van der Waals surface area (Å²) in [5, 5.41) is 0. The number of rotatable bonds is 6. The number of amides is 1. The Hall–Kier alpha value is -1.57. The monoisotopic (exact) mass is 348 g/mol. The predicted octanol–water partition coefficient (Wildman–Crippen LogP) is 1.07. The summed E-state index contributed by atoms with van der Waals surface area (Å²) < 4.78 is 11.4. The van der Waals surface area contributed by atoms with E-state index in [2.05, 4.69) is 21.9 Å². The van der Waals surface area contributed by atoms with Crippen LogP contribution in [-0.2, 0) is 9.47 Å². The smallest absolute Gasteiger partial charge is 0.274 e. The summed E-state index contributed by atoms with van der Waals surface area (Å²) in [4.78, 5) is 25.0. The quantitative estimate of drug-likeness (QED) is 0.766. The molecule has 1 spiro atoms. The Bertz CT molecular complexity index is 571.